The van der Waals surface area contributed by atoms with E-state index in [9.17, 15) is 12.8 Å². The first-order valence-electron chi connectivity index (χ1n) is 5.00. The summed E-state index contributed by atoms with van der Waals surface area (Å²) in [4.78, 5) is 7.32. The minimum absolute atomic E-state index is 0.161. The van der Waals surface area contributed by atoms with Gasteiger partial charge in [-0.15, -0.1) is 0 Å². The Morgan fingerprint density at radius 2 is 2.22 bits per heavy atom. The van der Waals surface area contributed by atoms with Gasteiger partial charge in [-0.05, 0) is 19.1 Å². The van der Waals surface area contributed by atoms with Crippen LogP contribution in [0.15, 0.2) is 34.0 Å². The molecule has 2 heterocycles. The Morgan fingerprint density at radius 1 is 1.44 bits per heavy atom. The zero-order valence-corrected chi connectivity index (χ0v) is 10.2. The molecule has 8 heteroatoms. The molecule has 0 saturated heterocycles. The third-order valence-corrected chi connectivity index (χ3v) is 3.40. The van der Waals surface area contributed by atoms with Crippen molar-refractivity contribution < 1.29 is 17.2 Å². The lowest BCUT2D eigenvalue weighted by Crippen LogP contribution is -2.25. The highest BCUT2D eigenvalue weighted by atomic mass is 32.2. The molecule has 1 N–H and O–H groups in total. The summed E-state index contributed by atoms with van der Waals surface area (Å²) in [5, 5.41) is -0.645. The highest BCUT2D eigenvalue weighted by molar-refractivity contribution is 7.89. The third-order valence-electron chi connectivity index (χ3n) is 2.06. The van der Waals surface area contributed by atoms with Gasteiger partial charge in [0.15, 0.2) is 5.82 Å². The maximum absolute atomic E-state index is 13.3. The fraction of sp³-hybridized carbons (Fsp3) is 0.200. The van der Waals surface area contributed by atoms with Crippen LogP contribution in [0.1, 0.15) is 11.7 Å². The Kier molecular flexibility index (Phi) is 3.39. The SMILES string of the molecule is Cc1cnc(CNS(=O)(=O)c2ncccc2F)o1. The number of aromatic nitrogens is 2. The average molecular weight is 271 g/mol. The maximum Gasteiger partial charge on any atom is 0.261 e. The second-order valence-electron chi connectivity index (χ2n) is 3.48. The second-order valence-corrected chi connectivity index (χ2v) is 5.16. The van der Waals surface area contributed by atoms with Crippen LogP contribution in [0.5, 0.6) is 0 Å². The number of aryl methyl sites for hydroxylation is 1. The predicted molar refractivity (Wildman–Crippen MR) is 59.5 cm³/mol. The first-order valence-corrected chi connectivity index (χ1v) is 6.49. The standard InChI is InChI=1S/C10H10FN3O3S/c1-7-5-13-9(17-7)6-14-18(15,16)10-8(11)3-2-4-12-10/h2-5,14H,6H2,1H3. The normalized spacial score (nSPS) is 11.7. The van der Waals surface area contributed by atoms with Gasteiger partial charge in [-0.3, -0.25) is 0 Å². The molecule has 0 aliphatic rings. The molecule has 0 atom stereocenters. The van der Waals surface area contributed by atoms with Crippen molar-refractivity contribution in [2.24, 2.45) is 0 Å². The summed E-state index contributed by atoms with van der Waals surface area (Å²) in [6.45, 7) is 1.52. The van der Waals surface area contributed by atoms with Gasteiger partial charge in [-0.2, -0.15) is 0 Å². The maximum atomic E-state index is 13.3. The molecule has 0 aliphatic heterocycles. The molecular weight excluding hydrogens is 261 g/mol. The molecule has 0 aromatic carbocycles. The van der Waals surface area contributed by atoms with E-state index in [2.05, 4.69) is 14.7 Å². The molecule has 2 aromatic heterocycles. The molecule has 18 heavy (non-hydrogen) atoms. The van der Waals surface area contributed by atoms with Crippen molar-refractivity contribution in [3.05, 3.63) is 42.0 Å². The molecule has 6 nitrogen and oxygen atoms in total. The van der Waals surface area contributed by atoms with Crippen LogP contribution in [0, 0.1) is 12.7 Å². The van der Waals surface area contributed by atoms with Crippen LogP contribution in [-0.4, -0.2) is 18.4 Å². The van der Waals surface area contributed by atoms with Gasteiger partial charge in [0.2, 0.25) is 10.9 Å². The Hall–Kier alpha value is -1.80. The Morgan fingerprint density at radius 3 is 2.83 bits per heavy atom. The highest BCUT2D eigenvalue weighted by Crippen LogP contribution is 2.10. The number of sulfonamides is 1. The predicted octanol–water partition coefficient (Wildman–Crippen LogP) is 0.996. The summed E-state index contributed by atoms with van der Waals surface area (Å²) in [5.41, 5.74) is 0. The number of nitrogens with zero attached hydrogens (tertiary/aromatic N) is 2. The van der Waals surface area contributed by atoms with Crippen LogP contribution in [0.4, 0.5) is 4.39 Å². The average Bonchev–Trinajstić information content (AvgIpc) is 2.73. The second kappa shape index (κ2) is 4.83. The van der Waals surface area contributed by atoms with E-state index in [-0.39, 0.29) is 12.4 Å². The summed E-state index contributed by atoms with van der Waals surface area (Å²) in [6, 6.07) is 2.34. The Labute approximate surface area is 103 Å². The molecule has 2 rings (SSSR count). The molecule has 0 amide bonds. The van der Waals surface area contributed by atoms with Gasteiger partial charge in [0.05, 0.1) is 12.7 Å². The lowest BCUT2D eigenvalue weighted by atomic mass is 10.5. The van der Waals surface area contributed by atoms with E-state index in [0.29, 0.717) is 5.76 Å². The smallest absolute Gasteiger partial charge is 0.261 e. The number of hydrogen-bond donors (Lipinski definition) is 1. The van der Waals surface area contributed by atoms with Crippen LogP contribution >= 0.6 is 0 Å². The largest absolute Gasteiger partial charge is 0.445 e. The van der Waals surface area contributed by atoms with Crippen LogP contribution in [-0.2, 0) is 16.6 Å². The summed E-state index contributed by atoms with van der Waals surface area (Å²) in [6.07, 6.45) is 2.66. The van der Waals surface area contributed by atoms with Crippen LogP contribution in [0.3, 0.4) is 0 Å². The molecule has 0 bridgehead atoms. The fourth-order valence-electron chi connectivity index (χ4n) is 1.28. The van der Waals surface area contributed by atoms with Crippen molar-refractivity contribution in [1.29, 1.82) is 0 Å². The molecule has 0 saturated carbocycles. The topological polar surface area (TPSA) is 85.1 Å². The van der Waals surface area contributed by atoms with E-state index < -0.39 is 20.9 Å². The monoisotopic (exact) mass is 271 g/mol. The minimum Gasteiger partial charge on any atom is -0.445 e. The third kappa shape index (κ3) is 2.71. The molecule has 0 spiro atoms. The minimum atomic E-state index is -4.02. The zero-order valence-electron chi connectivity index (χ0n) is 9.42. The van der Waals surface area contributed by atoms with Gasteiger partial charge < -0.3 is 4.42 Å². The molecule has 2 aromatic rings. The van der Waals surface area contributed by atoms with Gasteiger partial charge in [0, 0.05) is 6.20 Å². The van der Waals surface area contributed by atoms with Crippen molar-refractivity contribution in [3.8, 4) is 0 Å². The fourth-order valence-corrected chi connectivity index (χ4v) is 2.25. The van der Waals surface area contributed by atoms with Crippen molar-refractivity contribution in [2.45, 2.75) is 18.5 Å². The van der Waals surface area contributed by atoms with Crippen molar-refractivity contribution in [1.82, 2.24) is 14.7 Å². The van der Waals surface area contributed by atoms with Crippen molar-refractivity contribution in [2.75, 3.05) is 0 Å². The van der Waals surface area contributed by atoms with E-state index in [0.717, 1.165) is 6.07 Å². The van der Waals surface area contributed by atoms with Gasteiger partial charge in [0.25, 0.3) is 10.0 Å². The number of oxazole rings is 1. The first-order chi connectivity index (χ1) is 8.49. The van der Waals surface area contributed by atoms with E-state index in [1.807, 2.05) is 0 Å². The zero-order chi connectivity index (χ0) is 13.2. The van der Waals surface area contributed by atoms with Crippen LogP contribution < -0.4 is 4.72 Å². The van der Waals surface area contributed by atoms with Crippen LogP contribution in [0.2, 0.25) is 0 Å². The number of rotatable bonds is 4. The molecule has 96 valence electrons. The summed E-state index contributed by atoms with van der Waals surface area (Å²) in [5.74, 6) is -0.144. The summed E-state index contributed by atoms with van der Waals surface area (Å²) < 4.78 is 44.0. The summed E-state index contributed by atoms with van der Waals surface area (Å²) >= 11 is 0. The molecule has 0 radical (unpaired) electrons. The van der Waals surface area contributed by atoms with Gasteiger partial charge in [-0.1, -0.05) is 0 Å². The van der Waals surface area contributed by atoms with Gasteiger partial charge in [-0.25, -0.2) is 27.5 Å². The molecule has 0 unspecified atom stereocenters. The molecule has 0 aliphatic carbocycles. The van der Waals surface area contributed by atoms with E-state index >= 15 is 0 Å². The van der Waals surface area contributed by atoms with Gasteiger partial charge in [0.1, 0.15) is 5.76 Å². The van der Waals surface area contributed by atoms with Gasteiger partial charge >= 0.3 is 0 Å². The number of halogens is 1. The lowest BCUT2D eigenvalue weighted by molar-refractivity contribution is 0.462. The number of pyridine rings is 1. The molecule has 0 fully saturated rings. The Bertz CT molecular complexity index is 654. The van der Waals surface area contributed by atoms with E-state index in [1.165, 1.54) is 18.5 Å². The van der Waals surface area contributed by atoms with E-state index in [4.69, 9.17) is 4.42 Å². The van der Waals surface area contributed by atoms with Crippen LogP contribution in [0.25, 0.3) is 0 Å². The van der Waals surface area contributed by atoms with Crippen molar-refractivity contribution in [3.63, 3.8) is 0 Å². The first kappa shape index (κ1) is 12.7. The van der Waals surface area contributed by atoms with E-state index in [1.54, 1.807) is 6.92 Å². The number of nitrogens with one attached hydrogen (secondary N) is 1. The number of hydrogen-bond acceptors (Lipinski definition) is 5. The lowest BCUT2D eigenvalue weighted by Gasteiger charge is -2.04. The quantitative estimate of drug-likeness (QED) is 0.896. The Balaban J connectivity index is 2.16. The molecular formula is C10H10FN3O3S. The van der Waals surface area contributed by atoms with Crippen molar-refractivity contribution >= 4 is 10.0 Å². The summed E-state index contributed by atoms with van der Waals surface area (Å²) in [7, 11) is -4.02. The highest BCUT2D eigenvalue weighted by Gasteiger charge is 2.20.